The number of nitrogens with zero attached hydrogens (tertiary/aromatic N) is 1. The second-order valence-corrected chi connectivity index (χ2v) is 6.98. The minimum absolute atomic E-state index is 0.375. The molecule has 0 amide bonds. The number of hydrogen-bond donors (Lipinski definition) is 0. The number of unbranched alkanes of at least 4 members (excludes halogenated alkanes) is 1. The Hall–Kier alpha value is -1.22. The molecule has 2 aliphatic heterocycles. The molecule has 23 heavy (non-hydrogen) atoms. The van der Waals surface area contributed by atoms with Crippen molar-refractivity contribution in [1.82, 2.24) is 4.90 Å². The highest BCUT2D eigenvalue weighted by molar-refractivity contribution is 5.52. The Kier molecular flexibility index (Phi) is 5.47. The molecular formula is C20H31NO2. The van der Waals surface area contributed by atoms with Crippen LogP contribution >= 0.6 is 0 Å². The Labute approximate surface area is 141 Å². The van der Waals surface area contributed by atoms with Crippen molar-refractivity contribution in [3.63, 3.8) is 0 Å². The first kappa shape index (κ1) is 16.6. The number of ether oxygens (including phenoxy) is 2. The molecule has 0 radical (unpaired) electrons. The smallest absolute Gasteiger partial charge is 0.231 e. The minimum Gasteiger partial charge on any atom is -0.454 e. The van der Waals surface area contributed by atoms with Crippen molar-refractivity contribution in [3.05, 3.63) is 23.3 Å². The molecule has 128 valence electrons. The Balaban J connectivity index is 1.80. The molecule has 0 bridgehead atoms. The summed E-state index contributed by atoms with van der Waals surface area (Å²) in [4.78, 5) is 2.67. The third-order valence-corrected chi connectivity index (χ3v) is 5.39. The van der Waals surface area contributed by atoms with Crippen molar-refractivity contribution in [2.24, 2.45) is 0 Å². The first-order valence-corrected chi connectivity index (χ1v) is 9.43. The van der Waals surface area contributed by atoms with E-state index >= 15 is 0 Å². The molecule has 0 saturated carbocycles. The van der Waals surface area contributed by atoms with Gasteiger partial charge in [0.05, 0.1) is 0 Å². The van der Waals surface area contributed by atoms with Gasteiger partial charge in [-0.2, -0.15) is 0 Å². The van der Waals surface area contributed by atoms with Gasteiger partial charge in [-0.15, -0.1) is 0 Å². The van der Waals surface area contributed by atoms with Gasteiger partial charge in [-0.1, -0.05) is 46.1 Å². The monoisotopic (exact) mass is 317 g/mol. The fraction of sp³-hybridized carbons (Fsp3) is 0.700. The second kappa shape index (κ2) is 7.57. The quantitative estimate of drug-likeness (QED) is 0.725. The first-order valence-electron chi connectivity index (χ1n) is 9.43. The molecular weight excluding hydrogens is 286 g/mol. The summed E-state index contributed by atoms with van der Waals surface area (Å²) in [7, 11) is 0. The standard InChI is InChI=1S/C20H31NO2/c1-4-7-9-18-11-17(13-21(18)6-3)16-10-15(8-5-2)20-19(12-16)22-14-23-20/h10,12,17-18H,4-9,11,13-14H2,1-3H3. The van der Waals surface area contributed by atoms with Crippen LogP contribution in [0.2, 0.25) is 0 Å². The SMILES string of the molecule is CCCCC1CC(c2cc(CCC)c3c(c2)OCO3)CN1CC. The lowest BCUT2D eigenvalue weighted by molar-refractivity contribution is 0.173. The van der Waals surface area contributed by atoms with E-state index in [1.54, 1.807) is 0 Å². The fourth-order valence-electron chi connectivity index (χ4n) is 4.15. The summed E-state index contributed by atoms with van der Waals surface area (Å²) >= 11 is 0. The van der Waals surface area contributed by atoms with E-state index in [9.17, 15) is 0 Å². The summed E-state index contributed by atoms with van der Waals surface area (Å²) in [6.07, 6.45) is 7.49. The lowest BCUT2D eigenvalue weighted by atomic mass is 9.92. The van der Waals surface area contributed by atoms with Crippen LogP contribution in [0.1, 0.15) is 69.9 Å². The molecule has 3 rings (SSSR count). The highest BCUT2D eigenvalue weighted by atomic mass is 16.7. The Morgan fingerprint density at radius 3 is 2.74 bits per heavy atom. The largest absolute Gasteiger partial charge is 0.454 e. The lowest BCUT2D eigenvalue weighted by Crippen LogP contribution is -2.29. The fourth-order valence-corrected chi connectivity index (χ4v) is 4.15. The predicted molar refractivity (Wildman–Crippen MR) is 94.5 cm³/mol. The summed E-state index contributed by atoms with van der Waals surface area (Å²) in [5, 5.41) is 0. The van der Waals surface area contributed by atoms with Gasteiger partial charge in [-0.05, 0) is 48.9 Å². The number of likely N-dealkylation sites (N-methyl/N-ethyl adjacent to an activating group) is 1. The van der Waals surface area contributed by atoms with Crippen molar-refractivity contribution >= 4 is 0 Å². The topological polar surface area (TPSA) is 21.7 Å². The zero-order chi connectivity index (χ0) is 16.2. The second-order valence-electron chi connectivity index (χ2n) is 6.98. The third kappa shape index (κ3) is 3.50. The van der Waals surface area contributed by atoms with Crippen molar-refractivity contribution < 1.29 is 9.47 Å². The third-order valence-electron chi connectivity index (χ3n) is 5.39. The average molecular weight is 317 g/mol. The summed E-state index contributed by atoms with van der Waals surface area (Å²) < 4.78 is 11.4. The van der Waals surface area contributed by atoms with Crippen LogP contribution in [0.3, 0.4) is 0 Å². The van der Waals surface area contributed by atoms with Gasteiger partial charge >= 0.3 is 0 Å². The zero-order valence-corrected chi connectivity index (χ0v) is 14.9. The van der Waals surface area contributed by atoms with E-state index in [0.717, 1.165) is 36.9 Å². The van der Waals surface area contributed by atoms with Gasteiger partial charge in [-0.25, -0.2) is 0 Å². The van der Waals surface area contributed by atoms with Crippen LogP contribution < -0.4 is 9.47 Å². The van der Waals surface area contributed by atoms with Crippen molar-refractivity contribution in [2.75, 3.05) is 19.9 Å². The molecule has 0 N–H and O–H groups in total. The van der Waals surface area contributed by atoms with Crippen LogP contribution in [-0.4, -0.2) is 30.8 Å². The number of hydrogen-bond acceptors (Lipinski definition) is 3. The molecule has 3 heteroatoms. The lowest BCUT2D eigenvalue weighted by Gasteiger charge is -2.22. The van der Waals surface area contributed by atoms with Gasteiger partial charge in [0.2, 0.25) is 6.79 Å². The van der Waals surface area contributed by atoms with Crippen molar-refractivity contribution in [1.29, 1.82) is 0 Å². The molecule has 0 aliphatic carbocycles. The van der Waals surface area contributed by atoms with Crippen LogP contribution in [0.15, 0.2) is 12.1 Å². The van der Waals surface area contributed by atoms with E-state index in [4.69, 9.17) is 9.47 Å². The summed E-state index contributed by atoms with van der Waals surface area (Å²) in [5.74, 6) is 2.59. The Bertz CT molecular complexity index is 529. The highest BCUT2D eigenvalue weighted by Gasteiger charge is 2.32. The van der Waals surface area contributed by atoms with Gasteiger partial charge in [0, 0.05) is 12.6 Å². The van der Waals surface area contributed by atoms with Crippen LogP contribution in [0.5, 0.6) is 11.5 Å². The molecule has 1 aromatic carbocycles. The van der Waals surface area contributed by atoms with Gasteiger partial charge in [0.1, 0.15) is 0 Å². The van der Waals surface area contributed by atoms with E-state index < -0.39 is 0 Å². The average Bonchev–Trinajstić information content (AvgIpc) is 3.19. The summed E-state index contributed by atoms with van der Waals surface area (Å²) in [6, 6.07) is 5.38. The molecule has 1 saturated heterocycles. The Morgan fingerprint density at radius 1 is 1.13 bits per heavy atom. The molecule has 2 unspecified atom stereocenters. The maximum atomic E-state index is 5.69. The number of benzene rings is 1. The highest BCUT2D eigenvalue weighted by Crippen LogP contribution is 2.42. The van der Waals surface area contributed by atoms with Crippen molar-refractivity contribution in [2.45, 2.75) is 71.3 Å². The van der Waals surface area contributed by atoms with E-state index in [0.29, 0.717) is 12.7 Å². The minimum atomic E-state index is 0.375. The zero-order valence-electron chi connectivity index (χ0n) is 14.9. The van der Waals surface area contributed by atoms with E-state index in [1.165, 1.54) is 43.4 Å². The number of rotatable bonds is 7. The number of fused-ring (bicyclic) bond motifs is 1. The van der Waals surface area contributed by atoms with Crippen LogP contribution in [0, 0.1) is 0 Å². The van der Waals surface area contributed by atoms with Crippen molar-refractivity contribution in [3.8, 4) is 11.5 Å². The summed E-state index contributed by atoms with van der Waals surface area (Å²) in [6.45, 7) is 9.54. The van der Waals surface area contributed by atoms with E-state index in [1.807, 2.05) is 0 Å². The maximum absolute atomic E-state index is 5.69. The van der Waals surface area contributed by atoms with E-state index in [-0.39, 0.29) is 0 Å². The number of likely N-dealkylation sites (tertiary alicyclic amines) is 1. The molecule has 2 aliphatic rings. The molecule has 1 fully saturated rings. The molecule has 0 spiro atoms. The Morgan fingerprint density at radius 2 is 2.00 bits per heavy atom. The van der Waals surface area contributed by atoms with Gasteiger partial charge < -0.3 is 14.4 Å². The van der Waals surface area contributed by atoms with Gasteiger partial charge in [0.25, 0.3) is 0 Å². The predicted octanol–water partition coefficient (Wildman–Crippen LogP) is 4.74. The normalized spacial score (nSPS) is 23.6. The molecule has 3 nitrogen and oxygen atoms in total. The van der Waals surface area contributed by atoms with E-state index in [2.05, 4.69) is 37.8 Å². The summed E-state index contributed by atoms with van der Waals surface area (Å²) in [5.41, 5.74) is 2.78. The van der Waals surface area contributed by atoms with Gasteiger partial charge in [-0.3, -0.25) is 0 Å². The van der Waals surface area contributed by atoms with Gasteiger partial charge in [0.15, 0.2) is 11.5 Å². The molecule has 2 atom stereocenters. The molecule has 2 heterocycles. The first-order chi connectivity index (χ1) is 11.3. The molecule has 0 aromatic heterocycles. The maximum Gasteiger partial charge on any atom is 0.231 e. The van der Waals surface area contributed by atoms with Crippen LogP contribution in [0.25, 0.3) is 0 Å². The molecule has 1 aromatic rings. The van der Waals surface area contributed by atoms with Crippen LogP contribution in [-0.2, 0) is 6.42 Å². The van der Waals surface area contributed by atoms with Crippen LogP contribution in [0.4, 0.5) is 0 Å². The number of aryl methyl sites for hydroxylation is 1.